The van der Waals surface area contributed by atoms with Crippen molar-refractivity contribution in [2.75, 3.05) is 20.3 Å². The summed E-state index contributed by atoms with van der Waals surface area (Å²) >= 11 is 0. The second kappa shape index (κ2) is 5.61. The van der Waals surface area contributed by atoms with Gasteiger partial charge < -0.3 is 10.1 Å². The first kappa shape index (κ1) is 12.5. The standard InChI is InChI=1S/C14H22N2O/c1-10-7-13(8-11(2)16-10)14(15-3)12-5-4-6-17-9-12/h7-8,12,14-15H,4-6,9H2,1-3H3. The minimum absolute atomic E-state index is 0.385. The van der Waals surface area contributed by atoms with Crippen LogP contribution in [-0.2, 0) is 4.74 Å². The summed E-state index contributed by atoms with van der Waals surface area (Å²) in [6.07, 6.45) is 2.41. The summed E-state index contributed by atoms with van der Waals surface area (Å²) in [7, 11) is 2.03. The molecule has 2 atom stereocenters. The normalized spacial score (nSPS) is 22.4. The van der Waals surface area contributed by atoms with E-state index in [9.17, 15) is 0 Å². The molecule has 1 N–H and O–H groups in total. The Morgan fingerprint density at radius 1 is 1.35 bits per heavy atom. The molecule has 94 valence electrons. The molecule has 17 heavy (non-hydrogen) atoms. The van der Waals surface area contributed by atoms with Crippen LogP contribution in [0.2, 0.25) is 0 Å². The van der Waals surface area contributed by atoms with Crippen molar-refractivity contribution in [3.05, 3.63) is 29.1 Å². The second-order valence-electron chi connectivity index (χ2n) is 4.93. The molecule has 1 aromatic rings. The molecule has 0 radical (unpaired) electrons. The fraction of sp³-hybridized carbons (Fsp3) is 0.643. The highest BCUT2D eigenvalue weighted by Crippen LogP contribution is 2.29. The molecular weight excluding hydrogens is 212 g/mol. The Bertz CT molecular complexity index is 352. The van der Waals surface area contributed by atoms with Gasteiger partial charge in [0.1, 0.15) is 0 Å². The Labute approximate surface area is 104 Å². The molecule has 1 aliphatic rings. The average Bonchev–Trinajstić information content (AvgIpc) is 2.30. The van der Waals surface area contributed by atoms with Crippen LogP contribution in [0.4, 0.5) is 0 Å². The number of hydrogen-bond donors (Lipinski definition) is 1. The SMILES string of the molecule is CNC(c1cc(C)nc(C)c1)C1CCCOC1. The molecule has 0 aliphatic carbocycles. The van der Waals surface area contributed by atoms with Crippen LogP contribution in [0.15, 0.2) is 12.1 Å². The van der Waals surface area contributed by atoms with Gasteiger partial charge in [-0.25, -0.2) is 0 Å². The van der Waals surface area contributed by atoms with E-state index in [0.29, 0.717) is 12.0 Å². The highest BCUT2D eigenvalue weighted by molar-refractivity contribution is 5.24. The molecule has 1 aliphatic heterocycles. The number of ether oxygens (including phenoxy) is 1. The Morgan fingerprint density at radius 2 is 2.06 bits per heavy atom. The number of nitrogens with one attached hydrogen (secondary N) is 1. The lowest BCUT2D eigenvalue weighted by atomic mass is 9.88. The number of rotatable bonds is 3. The van der Waals surface area contributed by atoms with Gasteiger partial charge >= 0.3 is 0 Å². The topological polar surface area (TPSA) is 34.2 Å². The van der Waals surface area contributed by atoms with Crippen LogP contribution in [0.1, 0.15) is 35.8 Å². The molecule has 0 amide bonds. The van der Waals surface area contributed by atoms with Gasteiger partial charge in [0.05, 0.1) is 6.61 Å². The van der Waals surface area contributed by atoms with Crippen molar-refractivity contribution in [3.63, 3.8) is 0 Å². The van der Waals surface area contributed by atoms with Crippen LogP contribution in [0.3, 0.4) is 0 Å². The molecule has 3 nitrogen and oxygen atoms in total. The molecule has 1 saturated heterocycles. The number of aryl methyl sites for hydroxylation is 2. The molecule has 2 rings (SSSR count). The first-order valence-electron chi connectivity index (χ1n) is 6.41. The summed E-state index contributed by atoms with van der Waals surface area (Å²) in [5.41, 5.74) is 3.53. The van der Waals surface area contributed by atoms with Crippen molar-refractivity contribution in [2.45, 2.75) is 32.7 Å². The molecule has 0 bridgehead atoms. The van der Waals surface area contributed by atoms with Gasteiger partial charge in [-0.2, -0.15) is 0 Å². The Balaban J connectivity index is 2.21. The predicted octanol–water partition coefficient (Wildman–Crippen LogP) is 2.39. The lowest BCUT2D eigenvalue weighted by Crippen LogP contribution is -2.31. The maximum Gasteiger partial charge on any atom is 0.0512 e. The number of nitrogens with zero attached hydrogens (tertiary/aromatic N) is 1. The second-order valence-corrected chi connectivity index (χ2v) is 4.93. The average molecular weight is 234 g/mol. The van der Waals surface area contributed by atoms with Gasteiger partial charge in [0.25, 0.3) is 0 Å². The Morgan fingerprint density at radius 3 is 2.59 bits per heavy atom. The molecule has 1 fully saturated rings. The van der Waals surface area contributed by atoms with Crippen LogP contribution in [-0.4, -0.2) is 25.2 Å². The van der Waals surface area contributed by atoms with E-state index < -0.39 is 0 Å². The van der Waals surface area contributed by atoms with Gasteiger partial charge in [-0.05, 0) is 51.4 Å². The van der Waals surface area contributed by atoms with E-state index in [1.165, 1.54) is 18.4 Å². The first-order valence-corrected chi connectivity index (χ1v) is 6.41. The van der Waals surface area contributed by atoms with E-state index in [4.69, 9.17) is 4.74 Å². The number of pyridine rings is 1. The van der Waals surface area contributed by atoms with E-state index in [1.807, 2.05) is 7.05 Å². The largest absolute Gasteiger partial charge is 0.381 e. The van der Waals surface area contributed by atoms with Gasteiger partial charge in [0, 0.05) is 30.0 Å². The Kier molecular flexibility index (Phi) is 4.13. The minimum atomic E-state index is 0.385. The highest BCUT2D eigenvalue weighted by Gasteiger charge is 2.24. The molecule has 2 heterocycles. The van der Waals surface area contributed by atoms with Crippen molar-refractivity contribution in [3.8, 4) is 0 Å². The van der Waals surface area contributed by atoms with Crippen LogP contribution in [0.5, 0.6) is 0 Å². The third kappa shape index (κ3) is 3.05. The lowest BCUT2D eigenvalue weighted by molar-refractivity contribution is 0.0401. The molecule has 0 spiro atoms. The zero-order valence-electron chi connectivity index (χ0n) is 11.0. The lowest BCUT2D eigenvalue weighted by Gasteiger charge is -2.30. The summed E-state index contributed by atoms with van der Waals surface area (Å²) in [4.78, 5) is 4.44. The Hall–Kier alpha value is -0.930. The van der Waals surface area contributed by atoms with E-state index in [-0.39, 0.29) is 0 Å². The summed E-state index contributed by atoms with van der Waals surface area (Å²) < 4.78 is 5.59. The fourth-order valence-corrected chi connectivity index (χ4v) is 2.75. The zero-order valence-corrected chi connectivity index (χ0v) is 11.0. The van der Waals surface area contributed by atoms with E-state index >= 15 is 0 Å². The van der Waals surface area contributed by atoms with Crippen molar-refractivity contribution in [2.24, 2.45) is 5.92 Å². The monoisotopic (exact) mass is 234 g/mol. The molecule has 0 aromatic carbocycles. The van der Waals surface area contributed by atoms with E-state index in [0.717, 1.165) is 24.6 Å². The van der Waals surface area contributed by atoms with Gasteiger partial charge in [-0.3, -0.25) is 4.98 Å². The third-order valence-electron chi connectivity index (χ3n) is 3.44. The summed E-state index contributed by atoms with van der Waals surface area (Å²) in [6.45, 7) is 5.90. The van der Waals surface area contributed by atoms with Gasteiger partial charge in [-0.1, -0.05) is 0 Å². The summed E-state index contributed by atoms with van der Waals surface area (Å²) in [5, 5.41) is 3.43. The van der Waals surface area contributed by atoms with Crippen LogP contribution >= 0.6 is 0 Å². The van der Waals surface area contributed by atoms with Crippen molar-refractivity contribution in [1.29, 1.82) is 0 Å². The highest BCUT2D eigenvalue weighted by atomic mass is 16.5. The smallest absolute Gasteiger partial charge is 0.0512 e. The van der Waals surface area contributed by atoms with Gasteiger partial charge in [0.2, 0.25) is 0 Å². The molecule has 3 heteroatoms. The first-order chi connectivity index (χ1) is 8.20. The molecule has 0 saturated carbocycles. The maximum absolute atomic E-state index is 5.59. The summed E-state index contributed by atoms with van der Waals surface area (Å²) in [6, 6.07) is 4.75. The van der Waals surface area contributed by atoms with Crippen molar-refractivity contribution >= 4 is 0 Å². The minimum Gasteiger partial charge on any atom is -0.381 e. The molecule has 1 aromatic heterocycles. The quantitative estimate of drug-likeness (QED) is 0.872. The van der Waals surface area contributed by atoms with Crippen LogP contribution in [0, 0.1) is 19.8 Å². The van der Waals surface area contributed by atoms with Crippen molar-refractivity contribution in [1.82, 2.24) is 10.3 Å². The molecular formula is C14H22N2O. The fourth-order valence-electron chi connectivity index (χ4n) is 2.75. The van der Waals surface area contributed by atoms with Gasteiger partial charge in [-0.15, -0.1) is 0 Å². The van der Waals surface area contributed by atoms with Crippen molar-refractivity contribution < 1.29 is 4.74 Å². The maximum atomic E-state index is 5.59. The van der Waals surface area contributed by atoms with Crippen LogP contribution < -0.4 is 5.32 Å². The number of aromatic nitrogens is 1. The predicted molar refractivity (Wildman–Crippen MR) is 69.1 cm³/mol. The summed E-state index contributed by atoms with van der Waals surface area (Å²) in [5.74, 6) is 0.579. The third-order valence-corrected chi connectivity index (χ3v) is 3.44. The molecule has 2 unspecified atom stereocenters. The van der Waals surface area contributed by atoms with Gasteiger partial charge in [0.15, 0.2) is 0 Å². The zero-order chi connectivity index (χ0) is 12.3. The van der Waals surface area contributed by atoms with Crippen LogP contribution in [0.25, 0.3) is 0 Å². The van der Waals surface area contributed by atoms with E-state index in [1.54, 1.807) is 0 Å². The van der Waals surface area contributed by atoms with E-state index in [2.05, 4.69) is 36.3 Å². The number of hydrogen-bond acceptors (Lipinski definition) is 3.